The van der Waals surface area contributed by atoms with Crippen molar-refractivity contribution < 1.29 is 61.6 Å². The predicted molar refractivity (Wildman–Crippen MR) is 126 cm³/mol. The summed E-state index contributed by atoms with van der Waals surface area (Å²) < 4.78 is 54.3. The van der Waals surface area contributed by atoms with E-state index in [9.17, 15) is 16.8 Å². The molecule has 0 unspecified atom stereocenters. The van der Waals surface area contributed by atoms with Crippen molar-refractivity contribution in [3.8, 4) is 0 Å². The van der Waals surface area contributed by atoms with E-state index in [1.54, 1.807) is 12.1 Å². The second-order valence-corrected chi connectivity index (χ2v) is 9.58. The Bertz CT molecular complexity index is 1320. The van der Waals surface area contributed by atoms with Gasteiger partial charge in [0.2, 0.25) is 20.0 Å². The molecule has 16 heteroatoms. The molecule has 0 fully saturated rings. The summed E-state index contributed by atoms with van der Waals surface area (Å²) in [7, 11) is -7.57. The largest absolute Gasteiger partial charge is 1.00 e. The van der Waals surface area contributed by atoms with Gasteiger partial charge in [-0.2, -0.15) is 0 Å². The maximum absolute atomic E-state index is 11.8. The van der Waals surface area contributed by atoms with Crippen LogP contribution in [0.4, 0.5) is 23.3 Å². The van der Waals surface area contributed by atoms with Crippen LogP contribution >= 0.6 is 0 Å². The van der Waals surface area contributed by atoms with Gasteiger partial charge >= 0.3 is 44.8 Å². The standard InChI is InChI=1S/2C10H9N4O2S.2Ag/c2*11-8-2-4-9(5-3-8)17(15,16)14-10-12-6-1-7-13-10;;/h2*1-7H,11H2;;/q2*-1;2*+1. The van der Waals surface area contributed by atoms with Crippen LogP contribution in [0.15, 0.2) is 95.2 Å². The Morgan fingerprint density at radius 1 is 0.528 bits per heavy atom. The van der Waals surface area contributed by atoms with Crippen LogP contribution in [0.1, 0.15) is 0 Å². The Balaban J connectivity index is 0.000000341. The Labute approximate surface area is 239 Å². The minimum absolute atomic E-state index is 0. The second kappa shape index (κ2) is 14.1. The SMILES string of the molecule is Nc1ccc(S(=O)(=O)[N-]c2ncccn2)cc1.Nc1ccc(S(=O)(=O)[N-]c2ncccn2)cc1.[Ag+].[Ag+]. The zero-order valence-corrected chi connectivity index (χ0v) is 22.6. The topological polar surface area (TPSA) is 200 Å². The minimum atomic E-state index is -3.79. The van der Waals surface area contributed by atoms with E-state index in [-0.39, 0.29) is 66.4 Å². The average molecular weight is 714 g/mol. The number of aromatic nitrogens is 4. The summed E-state index contributed by atoms with van der Waals surface area (Å²) in [4.78, 5) is 15.0. The third-order valence-electron chi connectivity index (χ3n) is 3.86. The number of nitrogens with zero attached hydrogens (tertiary/aromatic N) is 6. The fraction of sp³-hybridized carbons (Fsp3) is 0. The average Bonchev–Trinajstić information content (AvgIpc) is 2.81. The third-order valence-corrected chi connectivity index (χ3v) is 6.41. The van der Waals surface area contributed by atoms with Gasteiger partial charge in [-0.05, 0) is 73.3 Å². The number of rotatable bonds is 6. The molecule has 0 spiro atoms. The van der Waals surface area contributed by atoms with Crippen LogP contribution in [-0.4, -0.2) is 36.8 Å². The normalized spacial score (nSPS) is 10.4. The van der Waals surface area contributed by atoms with Crippen LogP contribution in [0.25, 0.3) is 9.44 Å². The summed E-state index contributed by atoms with van der Waals surface area (Å²) in [6.45, 7) is 0. The van der Waals surface area contributed by atoms with Crippen molar-refractivity contribution in [1.82, 2.24) is 19.9 Å². The molecule has 0 saturated heterocycles. The molecule has 0 saturated carbocycles. The Morgan fingerprint density at radius 3 is 1.08 bits per heavy atom. The molecular weight excluding hydrogens is 696 g/mol. The molecule has 0 amide bonds. The molecule has 12 nitrogen and oxygen atoms in total. The molecule has 0 aliphatic rings. The maximum Gasteiger partial charge on any atom is 1.00 e. The zero-order chi connectivity index (χ0) is 24.6. The number of anilines is 2. The number of sulfonamides is 2. The van der Waals surface area contributed by atoms with E-state index in [2.05, 4.69) is 29.4 Å². The van der Waals surface area contributed by atoms with Crippen LogP contribution < -0.4 is 11.5 Å². The van der Waals surface area contributed by atoms with E-state index >= 15 is 0 Å². The summed E-state index contributed by atoms with van der Waals surface area (Å²) in [5.74, 6) is -0.186. The molecule has 4 rings (SSSR count). The van der Waals surface area contributed by atoms with Gasteiger partial charge in [0.25, 0.3) is 0 Å². The van der Waals surface area contributed by atoms with Crippen LogP contribution in [0.5, 0.6) is 0 Å². The maximum atomic E-state index is 11.8. The number of hydrogen-bond acceptors (Lipinski definition) is 10. The van der Waals surface area contributed by atoms with Crippen molar-refractivity contribution in [1.29, 1.82) is 0 Å². The summed E-state index contributed by atoms with van der Waals surface area (Å²) in [5.41, 5.74) is 11.9. The van der Waals surface area contributed by atoms with Gasteiger partial charge in [0, 0.05) is 23.3 Å². The number of nitrogens with two attached hydrogens (primary N) is 2. The van der Waals surface area contributed by atoms with Crippen molar-refractivity contribution in [2.45, 2.75) is 9.79 Å². The number of hydrogen-bond donors (Lipinski definition) is 2. The fourth-order valence-electron chi connectivity index (χ4n) is 2.28. The van der Waals surface area contributed by atoms with Crippen LogP contribution in [0.3, 0.4) is 0 Å². The van der Waals surface area contributed by atoms with Gasteiger partial charge in [-0.25, -0.2) is 16.8 Å². The van der Waals surface area contributed by atoms with Crippen molar-refractivity contribution in [2.24, 2.45) is 0 Å². The number of benzene rings is 2. The van der Waals surface area contributed by atoms with Crippen molar-refractivity contribution in [3.63, 3.8) is 0 Å². The minimum Gasteiger partial charge on any atom is -0.399 e. The Hall–Kier alpha value is -2.82. The van der Waals surface area contributed by atoms with Crippen LogP contribution in [0, 0.1) is 0 Å². The van der Waals surface area contributed by atoms with Gasteiger partial charge in [0.1, 0.15) is 0 Å². The molecule has 2 aromatic carbocycles. The monoisotopic (exact) mass is 712 g/mol. The van der Waals surface area contributed by atoms with Gasteiger partial charge in [-0.1, -0.05) is 12.1 Å². The molecule has 36 heavy (non-hydrogen) atoms. The first-order chi connectivity index (χ1) is 16.2. The van der Waals surface area contributed by atoms with E-state index in [4.69, 9.17) is 11.5 Å². The molecule has 0 atom stereocenters. The molecule has 4 aromatic rings. The van der Waals surface area contributed by atoms with E-state index < -0.39 is 20.0 Å². The predicted octanol–water partition coefficient (Wildman–Crippen LogP) is 2.90. The van der Waals surface area contributed by atoms with Gasteiger partial charge in [0.15, 0.2) is 0 Å². The van der Waals surface area contributed by atoms with Crippen molar-refractivity contribution in [2.75, 3.05) is 11.5 Å². The molecule has 2 heterocycles. The molecule has 0 aliphatic carbocycles. The first-order valence-corrected chi connectivity index (χ1v) is 12.2. The Kier molecular flexibility index (Phi) is 12.2. The first kappa shape index (κ1) is 31.2. The van der Waals surface area contributed by atoms with Gasteiger partial charge in [-0.3, -0.25) is 9.44 Å². The number of nitrogen functional groups attached to an aromatic ring is 2. The van der Waals surface area contributed by atoms with E-state index in [1.165, 1.54) is 73.3 Å². The fourth-order valence-corrected chi connectivity index (χ4v) is 4.07. The molecule has 2 aromatic heterocycles. The van der Waals surface area contributed by atoms with Gasteiger partial charge in [0.05, 0.1) is 9.79 Å². The van der Waals surface area contributed by atoms with Crippen LogP contribution in [0.2, 0.25) is 0 Å². The quantitative estimate of drug-likeness (QED) is 0.221. The summed E-state index contributed by atoms with van der Waals surface area (Å²) in [6, 6.07) is 14.7. The molecule has 0 bridgehead atoms. The second-order valence-electron chi connectivity index (χ2n) is 6.37. The van der Waals surface area contributed by atoms with Crippen molar-refractivity contribution in [3.05, 3.63) is 94.9 Å². The van der Waals surface area contributed by atoms with E-state index in [1.807, 2.05) is 0 Å². The van der Waals surface area contributed by atoms with E-state index in [0.29, 0.717) is 11.4 Å². The summed E-state index contributed by atoms with van der Waals surface area (Å²) in [6.07, 6.45) is 5.68. The van der Waals surface area contributed by atoms with Gasteiger partial charge in [-0.15, -0.1) is 0 Å². The molecule has 0 radical (unpaired) electrons. The Morgan fingerprint density at radius 2 is 0.806 bits per heavy atom. The van der Waals surface area contributed by atoms with Crippen molar-refractivity contribution >= 4 is 43.3 Å². The summed E-state index contributed by atoms with van der Waals surface area (Å²) >= 11 is 0. The molecule has 0 aliphatic heterocycles. The summed E-state index contributed by atoms with van der Waals surface area (Å²) in [5, 5.41) is 0. The van der Waals surface area contributed by atoms with Crippen LogP contribution in [-0.2, 0) is 64.8 Å². The van der Waals surface area contributed by atoms with E-state index in [0.717, 1.165) is 0 Å². The smallest absolute Gasteiger partial charge is 0.399 e. The molecular formula is C20H18Ag2N8O4S2. The zero-order valence-electron chi connectivity index (χ0n) is 18.0. The molecule has 4 N–H and O–H groups in total. The molecule has 196 valence electrons. The van der Waals surface area contributed by atoms with Gasteiger partial charge < -0.3 is 31.4 Å². The first-order valence-electron chi connectivity index (χ1n) is 9.37. The third kappa shape index (κ3) is 9.33.